The average molecular weight is 246 g/mol. The minimum Gasteiger partial charge on any atom is -0.369 e. The molecule has 0 aromatic heterocycles. The van der Waals surface area contributed by atoms with Crippen LogP contribution in [-0.2, 0) is 0 Å². The molecule has 2 nitrogen and oxygen atoms in total. The summed E-state index contributed by atoms with van der Waals surface area (Å²) in [6.45, 7) is 11.1. The molecule has 2 heteroatoms. The number of hydrogen-bond acceptors (Lipinski definition) is 2. The molecule has 100 valence electrons. The van der Waals surface area contributed by atoms with Gasteiger partial charge in [0.1, 0.15) is 0 Å². The van der Waals surface area contributed by atoms with Crippen molar-refractivity contribution < 1.29 is 0 Å². The number of aryl methyl sites for hydroxylation is 1. The molecule has 0 saturated carbocycles. The molecule has 0 radical (unpaired) electrons. The fraction of sp³-hybridized carbons (Fsp3) is 0.625. The van der Waals surface area contributed by atoms with E-state index in [1.807, 2.05) is 13.8 Å². The Morgan fingerprint density at radius 2 is 1.72 bits per heavy atom. The van der Waals surface area contributed by atoms with Gasteiger partial charge in [0.15, 0.2) is 0 Å². The molecule has 0 N–H and O–H groups in total. The minimum absolute atomic E-state index is 0.815. The second-order valence-corrected chi connectivity index (χ2v) is 5.11. The van der Waals surface area contributed by atoms with Gasteiger partial charge in [-0.05, 0) is 38.4 Å². The van der Waals surface area contributed by atoms with Crippen molar-refractivity contribution in [1.82, 2.24) is 4.90 Å². The molecule has 2 aliphatic heterocycles. The summed E-state index contributed by atoms with van der Waals surface area (Å²) < 4.78 is 0. The van der Waals surface area contributed by atoms with E-state index < -0.39 is 0 Å². The first-order chi connectivity index (χ1) is 8.83. The standard InChI is InChI=1S/C14H20N2.C2H6/c1-12-4-6-13(7-5-12)16-10-9-15-8-2-3-14(15)11-16;1-2/h4-7,14H,2-3,8-11H2,1H3;1-2H3. The van der Waals surface area contributed by atoms with Crippen molar-refractivity contribution in [2.75, 3.05) is 31.1 Å². The maximum Gasteiger partial charge on any atom is 0.0367 e. The molecular weight excluding hydrogens is 220 g/mol. The fourth-order valence-electron chi connectivity index (χ4n) is 2.98. The van der Waals surface area contributed by atoms with E-state index in [9.17, 15) is 0 Å². The van der Waals surface area contributed by atoms with E-state index in [-0.39, 0.29) is 0 Å². The van der Waals surface area contributed by atoms with Crippen molar-refractivity contribution in [2.45, 2.75) is 39.7 Å². The van der Waals surface area contributed by atoms with Crippen LogP contribution >= 0.6 is 0 Å². The number of hydrogen-bond donors (Lipinski definition) is 0. The SMILES string of the molecule is CC.Cc1ccc(N2CCN3CCCC3C2)cc1. The fourth-order valence-corrected chi connectivity index (χ4v) is 2.98. The van der Waals surface area contributed by atoms with E-state index in [1.54, 1.807) is 0 Å². The zero-order chi connectivity index (χ0) is 13.0. The number of benzene rings is 1. The Kier molecular flexibility index (Phi) is 4.65. The zero-order valence-corrected chi connectivity index (χ0v) is 12.0. The van der Waals surface area contributed by atoms with Crippen LogP contribution in [-0.4, -0.2) is 37.1 Å². The quantitative estimate of drug-likeness (QED) is 0.750. The third-order valence-electron chi connectivity index (χ3n) is 3.99. The highest BCUT2D eigenvalue weighted by molar-refractivity contribution is 5.48. The Hall–Kier alpha value is -1.02. The molecular formula is C16H26N2. The second kappa shape index (κ2) is 6.24. The van der Waals surface area contributed by atoms with Gasteiger partial charge in [-0.15, -0.1) is 0 Å². The highest BCUT2D eigenvalue weighted by Gasteiger charge is 2.30. The van der Waals surface area contributed by atoms with Gasteiger partial charge in [-0.25, -0.2) is 0 Å². The van der Waals surface area contributed by atoms with Crippen LogP contribution in [0.4, 0.5) is 5.69 Å². The van der Waals surface area contributed by atoms with Crippen molar-refractivity contribution >= 4 is 5.69 Å². The predicted octanol–water partition coefficient (Wildman–Crippen LogP) is 3.31. The minimum atomic E-state index is 0.815. The summed E-state index contributed by atoms with van der Waals surface area (Å²) in [5.41, 5.74) is 2.75. The summed E-state index contributed by atoms with van der Waals surface area (Å²) in [6, 6.07) is 9.78. The molecule has 1 aromatic carbocycles. The first kappa shape index (κ1) is 13.4. The number of fused-ring (bicyclic) bond motifs is 1. The van der Waals surface area contributed by atoms with E-state index in [0.717, 1.165) is 6.04 Å². The molecule has 1 unspecified atom stereocenters. The van der Waals surface area contributed by atoms with Crippen LogP contribution in [0.25, 0.3) is 0 Å². The maximum absolute atomic E-state index is 2.66. The van der Waals surface area contributed by atoms with Crippen LogP contribution in [0.3, 0.4) is 0 Å². The molecule has 18 heavy (non-hydrogen) atoms. The topological polar surface area (TPSA) is 6.48 Å². The van der Waals surface area contributed by atoms with E-state index in [4.69, 9.17) is 0 Å². The average Bonchev–Trinajstić information content (AvgIpc) is 2.89. The third kappa shape index (κ3) is 2.86. The van der Waals surface area contributed by atoms with Crippen molar-refractivity contribution in [3.63, 3.8) is 0 Å². The Bertz CT molecular complexity index is 358. The summed E-state index contributed by atoms with van der Waals surface area (Å²) in [7, 11) is 0. The smallest absolute Gasteiger partial charge is 0.0367 e. The van der Waals surface area contributed by atoms with E-state index >= 15 is 0 Å². The molecule has 2 saturated heterocycles. The summed E-state index contributed by atoms with van der Waals surface area (Å²) in [5, 5.41) is 0. The zero-order valence-electron chi connectivity index (χ0n) is 12.0. The molecule has 1 aromatic rings. The predicted molar refractivity (Wildman–Crippen MR) is 79.3 cm³/mol. The normalized spacial score (nSPS) is 23.3. The second-order valence-electron chi connectivity index (χ2n) is 5.11. The lowest BCUT2D eigenvalue weighted by Gasteiger charge is -2.38. The molecule has 1 atom stereocenters. The van der Waals surface area contributed by atoms with Gasteiger partial charge in [0.05, 0.1) is 0 Å². The highest BCUT2D eigenvalue weighted by Crippen LogP contribution is 2.25. The third-order valence-corrected chi connectivity index (χ3v) is 3.99. The Morgan fingerprint density at radius 1 is 1.00 bits per heavy atom. The summed E-state index contributed by atoms with van der Waals surface area (Å²) >= 11 is 0. The van der Waals surface area contributed by atoms with Gasteiger partial charge in [0.2, 0.25) is 0 Å². The van der Waals surface area contributed by atoms with Crippen molar-refractivity contribution in [3.05, 3.63) is 29.8 Å². The van der Waals surface area contributed by atoms with Crippen LogP contribution in [0, 0.1) is 6.92 Å². The van der Waals surface area contributed by atoms with Crippen LogP contribution in [0.5, 0.6) is 0 Å². The van der Waals surface area contributed by atoms with Crippen molar-refractivity contribution in [3.8, 4) is 0 Å². The van der Waals surface area contributed by atoms with E-state index in [1.165, 1.54) is 50.3 Å². The molecule has 2 fully saturated rings. The van der Waals surface area contributed by atoms with E-state index in [0.29, 0.717) is 0 Å². The van der Waals surface area contributed by atoms with Gasteiger partial charge in [0, 0.05) is 31.4 Å². The van der Waals surface area contributed by atoms with Gasteiger partial charge in [-0.1, -0.05) is 31.5 Å². The Morgan fingerprint density at radius 3 is 2.44 bits per heavy atom. The maximum atomic E-state index is 2.66. The van der Waals surface area contributed by atoms with Crippen LogP contribution in [0.2, 0.25) is 0 Å². The van der Waals surface area contributed by atoms with Gasteiger partial charge >= 0.3 is 0 Å². The lowest BCUT2D eigenvalue weighted by molar-refractivity contribution is 0.231. The van der Waals surface area contributed by atoms with Crippen LogP contribution in [0.15, 0.2) is 24.3 Å². The summed E-state index contributed by atoms with van der Waals surface area (Å²) in [6.07, 6.45) is 2.79. The Labute approximate surface area is 112 Å². The van der Waals surface area contributed by atoms with E-state index in [2.05, 4.69) is 41.0 Å². The number of piperazine rings is 1. The highest BCUT2D eigenvalue weighted by atomic mass is 15.3. The summed E-state index contributed by atoms with van der Waals surface area (Å²) in [5.74, 6) is 0. The molecule has 0 spiro atoms. The van der Waals surface area contributed by atoms with Crippen molar-refractivity contribution in [1.29, 1.82) is 0 Å². The molecule has 2 heterocycles. The summed E-state index contributed by atoms with van der Waals surface area (Å²) in [4.78, 5) is 5.20. The molecule has 0 aliphatic carbocycles. The molecule has 3 rings (SSSR count). The Balaban J connectivity index is 0.000000574. The first-order valence-corrected chi connectivity index (χ1v) is 7.38. The first-order valence-electron chi connectivity index (χ1n) is 7.38. The number of anilines is 1. The lowest BCUT2D eigenvalue weighted by atomic mass is 10.1. The number of nitrogens with zero attached hydrogens (tertiary/aromatic N) is 2. The lowest BCUT2D eigenvalue weighted by Crippen LogP contribution is -2.50. The van der Waals surface area contributed by atoms with Crippen LogP contribution < -0.4 is 4.90 Å². The van der Waals surface area contributed by atoms with Crippen LogP contribution in [0.1, 0.15) is 32.3 Å². The van der Waals surface area contributed by atoms with Gasteiger partial charge < -0.3 is 4.90 Å². The van der Waals surface area contributed by atoms with Crippen molar-refractivity contribution in [2.24, 2.45) is 0 Å². The largest absolute Gasteiger partial charge is 0.369 e. The monoisotopic (exact) mass is 246 g/mol. The molecule has 0 amide bonds. The van der Waals surface area contributed by atoms with Gasteiger partial charge in [-0.3, -0.25) is 4.90 Å². The van der Waals surface area contributed by atoms with Gasteiger partial charge in [0.25, 0.3) is 0 Å². The van der Waals surface area contributed by atoms with Gasteiger partial charge in [-0.2, -0.15) is 0 Å². The molecule has 2 aliphatic rings. The number of rotatable bonds is 1. The molecule has 0 bridgehead atoms.